The first-order valence-electron chi connectivity index (χ1n) is 10.3. The molecule has 0 aromatic carbocycles. The number of hydrogen-bond acceptors (Lipinski definition) is 8. The Balaban J connectivity index is 0.000000383. The van der Waals surface area contributed by atoms with Gasteiger partial charge in [-0.15, -0.1) is 21.5 Å². The minimum absolute atomic E-state index is 0.514. The second-order valence-electron chi connectivity index (χ2n) is 7.75. The molecule has 0 saturated carbocycles. The van der Waals surface area contributed by atoms with Crippen LogP contribution in [-0.2, 0) is 35.6 Å². The van der Waals surface area contributed by atoms with Gasteiger partial charge in [0.1, 0.15) is 16.7 Å². The third-order valence-corrected chi connectivity index (χ3v) is 5.56. The zero-order valence-corrected chi connectivity index (χ0v) is 20.4. The molecule has 0 saturated heterocycles. The van der Waals surface area contributed by atoms with E-state index in [0.717, 1.165) is 50.8 Å². The molecule has 0 fully saturated rings. The Morgan fingerprint density at radius 3 is 2.06 bits per heavy atom. The number of hydrogen-bond donors (Lipinski definition) is 2. The van der Waals surface area contributed by atoms with Crippen molar-refractivity contribution in [1.82, 2.24) is 29.5 Å². The second-order valence-corrected chi connectivity index (χ2v) is 8.73. The van der Waals surface area contributed by atoms with Crippen molar-refractivity contribution < 1.29 is 46.1 Å². The summed E-state index contributed by atoms with van der Waals surface area (Å²) < 4.78 is 65.8. The fourth-order valence-electron chi connectivity index (χ4n) is 2.63. The number of thiazole rings is 1. The molecule has 0 unspecified atom stereocenters. The Morgan fingerprint density at radius 1 is 1.06 bits per heavy atom. The number of rotatable bonds is 5. The number of carboxylic acids is 2. The van der Waals surface area contributed by atoms with Crippen molar-refractivity contribution in [3.63, 3.8) is 0 Å². The maximum atomic E-state index is 10.6. The molecule has 0 atom stereocenters. The molecular formula is C19H26F6N6O4S. The van der Waals surface area contributed by atoms with E-state index < -0.39 is 24.3 Å². The van der Waals surface area contributed by atoms with E-state index in [4.69, 9.17) is 19.8 Å². The molecule has 2 aromatic heterocycles. The smallest absolute Gasteiger partial charge is 0.475 e. The predicted octanol–water partition coefficient (Wildman–Crippen LogP) is 2.90. The van der Waals surface area contributed by atoms with E-state index in [-0.39, 0.29) is 0 Å². The Bertz CT molecular complexity index is 941. The van der Waals surface area contributed by atoms with Crippen molar-refractivity contribution in [2.45, 2.75) is 58.3 Å². The van der Waals surface area contributed by atoms with Crippen molar-refractivity contribution in [2.75, 3.05) is 20.1 Å². The standard InChI is InChI=1S/C15H24N6S.2C2HF3O2/c1-12(2)19(3)10-14-18-17-13-4-6-20(7-8-21(13)14)11-15-16-5-9-22-15;2*3-2(4,5)1(6)7/h5,9,12H,4,6-8,10-11H2,1-3H3;2*(H,6,7). The summed E-state index contributed by atoms with van der Waals surface area (Å²) in [6.07, 6.45) is -7.32. The lowest BCUT2D eigenvalue weighted by Gasteiger charge is -2.21. The zero-order valence-electron chi connectivity index (χ0n) is 19.5. The summed E-state index contributed by atoms with van der Waals surface area (Å²) in [6, 6.07) is 0.514. The van der Waals surface area contributed by atoms with Crippen molar-refractivity contribution in [2.24, 2.45) is 0 Å². The minimum atomic E-state index is -5.08. The molecule has 2 aromatic rings. The fourth-order valence-corrected chi connectivity index (χ4v) is 3.29. The molecule has 0 radical (unpaired) electrons. The molecule has 3 heterocycles. The van der Waals surface area contributed by atoms with Gasteiger partial charge in [-0.1, -0.05) is 0 Å². The van der Waals surface area contributed by atoms with Gasteiger partial charge in [0.2, 0.25) is 0 Å². The highest BCUT2D eigenvalue weighted by Crippen LogP contribution is 2.15. The van der Waals surface area contributed by atoms with E-state index in [1.165, 1.54) is 5.01 Å². The number of aliphatic carboxylic acids is 2. The summed E-state index contributed by atoms with van der Waals surface area (Å²) in [4.78, 5) is 26.9. The van der Waals surface area contributed by atoms with Gasteiger partial charge in [0.05, 0.1) is 13.1 Å². The number of alkyl halides is 6. The summed E-state index contributed by atoms with van der Waals surface area (Å²) in [5, 5.41) is 26.3. The number of fused-ring (bicyclic) bond motifs is 1. The molecule has 0 bridgehead atoms. The van der Waals surface area contributed by atoms with Gasteiger partial charge >= 0.3 is 24.3 Å². The third-order valence-electron chi connectivity index (χ3n) is 4.80. The molecule has 204 valence electrons. The lowest BCUT2D eigenvalue weighted by atomic mass is 10.3. The quantitative estimate of drug-likeness (QED) is 0.543. The molecule has 1 aliphatic rings. The number of carbonyl (C=O) groups is 2. The van der Waals surface area contributed by atoms with Crippen LogP contribution in [0.2, 0.25) is 0 Å². The van der Waals surface area contributed by atoms with Crippen LogP contribution in [0, 0.1) is 0 Å². The summed E-state index contributed by atoms with van der Waals surface area (Å²) in [5.41, 5.74) is 0. The van der Waals surface area contributed by atoms with E-state index in [2.05, 4.69) is 50.4 Å². The lowest BCUT2D eigenvalue weighted by Crippen LogP contribution is -2.29. The van der Waals surface area contributed by atoms with Gasteiger partial charge in [0, 0.05) is 43.7 Å². The first-order valence-corrected chi connectivity index (χ1v) is 11.2. The van der Waals surface area contributed by atoms with Crippen LogP contribution in [0.4, 0.5) is 26.3 Å². The van der Waals surface area contributed by atoms with E-state index in [1.807, 2.05) is 11.6 Å². The highest BCUT2D eigenvalue weighted by Gasteiger charge is 2.38. The van der Waals surface area contributed by atoms with Crippen LogP contribution in [0.3, 0.4) is 0 Å². The van der Waals surface area contributed by atoms with Gasteiger partial charge in [0.25, 0.3) is 0 Å². The van der Waals surface area contributed by atoms with E-state index in [9.17, 15) is 26.3 Å². The average Bonchev–Trinajstić information content (AvgIpc) is 3.34. The maximum absolute atomic E-state index is 10.6. The van der Waals surface area contributed by atoms with Crippen LogP contribution >= 0.6 is 11.3 Å². The highest BCUT2D eigenvalue weighted by molar-refractivity contribution is 7.09. The number of halogens is 6. The third kappa shape index (κ3) is 10.9. The molecule has 17 heteroatoms. The Kier molecular flexibility index (Phi) is 11.7. The molecule has 0 aliphatic carbocycles. The molecule has 2 N–H and O–H groups in total. The molecule has 10 nitrogen and oxygen atoms in total. The first kappa shape index (κ1) is 31.2. The molecule has 36 heavy (non-hydrogen) atoms. The fraction of sp³-hybridized carbons (Fsp3) is 0.632. The van der Waals surface area contributed by atoms with Gasteiger partial charge < -0.3 is 14.8 Å². The van der Waals surface area contributed by atoms with E-state index >= 15 is 0 Å². The van der Waals surface area contributed by atoms with Gasteiger partial charge in [-0.3, -0.25) is 9.80 Å². The second kappa shape index (κ2) is 13.5. The van der Waals surface area contributed by atoms with Crippen molar-refractivity contribution >= 4 is 23.3 Å². The van der Waals surface area contributed by atoms with E-state index in [1.54, 1.807) is 11.3 Å². The summed E-state index contributed by atoms with van der Waals surface area (Å²) >= 11 is 1.73. The van der Waals surface area contributed by atoms with Gasteiger partial charge in [0.15, 0.2) is 0 Å². The monoisotopic (exact) mass is 548 g/mol. The SMILES string of the molecule is CC(C)N(C)Cc1nnc2n1CCN(Cc1nccs1)CC2.O=C(O)C(F)(F)F.O=C(O)C(F)(F)F. The van der Waals surface area contributed by atoms with Crippen molar-refractivity contribution in [1.29, 1.82) is 0 Å². The first-order chi connectivity index (χ1) is 16.5. The average molecular weight is 549 g/mol. The zero-order chi connectivity index (χ0) is 27.7. The summed E-state index contributed by atoms with van der Waals surface area (Å²) in [6.45, 7) is 9.23. The van der Waals surface area contributed by atoms with Crippen molar-refractivity contribution in [3.05, 3.63) is 28.2 Å². The highest BCUT2D eigenvalue weighted by atomic mass is 32.1. The van der Waals surface area contributed by atoms with E-state index in [0.29, 0.717) is 6.04 Å². The number of carboxylic acid groups (broad SMARTS) is 2. The summed E-state index contributed by atoms with van der Waals surface area (Å²) in [5.74, 6) is -3.31. The normalized spacial score (nSPS) is 14.3. The molecule has 1 aliphatic heterocycles. The molecule has 0 amide bonds. The van der Waals surface area contributed by atoms with Crippen molar-refractivity contribution in [3.8, 4) is 0 Å². The van der Waals surface area contributed by atoms with Gasteiger partial charge in [-0.2, -0.15) is 26.3 Å². The Morgan fingerprint density at radius 2 is 1.61 bits per heavy atom. The molecular weight excluding hydrogens is 522 g/mol. The van der Waals surface area contributed by atoms with Gasteiger partial charge in [-0.25, -0.2) is 14.6 Å². The van der Waals surface area contributed by atoms with Crippen LogP contribution in [0.25, 0.3) is 0 Å². The Labute approximate surface area is 206 Å². The largest absolute Gasteiger partial charge is 0.490 e. The number of aromatic nitrogens is 4. The Hall–Kier alpha value is -2.79. The summed E-state index contributed by atoms with van der Waals surface area (Å²) in [7, 11) is 2.14. The van der Waals surface area contributed by atoms with Gasteiger partial charge in [-0.05, 0) is 20.9 Å². The van der Waals surface area contributed by atoms with Crippen LogP contribution in [0.5, 0.6) is 0 Å². The minimum Gasteiger partial charge on any atom is -0.475 e. The molecule has 3 rings (SSSR count). The molecule has 0 spiro atoms. The number of nitrogens with zero attached hydrogens (tertiary/aromatic N) is 6. The predicted molar refractivity (Wildman–Crippen MR) is 115 cm³/mol. The van der Waals surface area contributed by atoms with Crippen LogP contribution < -0.4 is 0 Å². The van der Waals surface area contributed by atoms with Crippen LogP contribution in [0.15, 0.2) is 11.6 Å². The van der Waals surface area contributed by atoms with Crippen LogP contribution in [0.1, 0.15) is 30.5 Å². The lowest BCUT2D eigenvalue weighted by molar-refractivity contribution is -0.193. The maximum Gasteiger partial charge on any atom is 0.490 e. The van der Waals surface area contributed by atoms with Crippen LogP contribution in [-0.4, -0.2) is 90.2 Å². The topological polar surface area (TPSA) is 125 Å².